The van der Waals surface area contributed by atoms with Gasteiger partial charge in [0.15, 0.2) is 11.6 Å². The number of nitriles is 1. The lowest BCUT2D eigenvalue weighted by Crippen LogP contribution is -2.29. The summed E-state index contributed by atoms with van der Waals surface area (Å²) in [6.07, 6.45) is 0.237. The number of nitrogens with zero attached hydrogens (tertiary/aromatic N) is 2. The Kier molecular flexibility index (Phi) is 3.42. The van der Waals surface area contributed by atoms with Gasteiger partial charge in [0.25, 0.3) is 0 Å². The van der Waals surface area contributed by atoms with E-state index in [4.69, 9.17) is 5.26 Å². The van der Waals surface area contributed by atoms with Crippen LogP contribution in [-0.2, 0) is 4.79 Å². The predicted octanol–water partition coefficient (Wildman–Crippen LogP) is 1.16. The summed E-state index contributed by atoms with van der Waals surface area (Å²) < 4.78 is 27.3. The first-order valence-electron chi connectivity index (χ1n) is 5.53. The third-order valence-corrected chi connectivity index (χ3v) is 2.84. The fourth-order valence-electron chi connectivity index (χ4n) is 1.88. The summed E-state index contributed by atoms with van der Waals surface area (Å²) >= 11 is 0. The molecule has 1 aliphatic rings. The molecule has 1 fully saturated rings. The second-order valence-electron chi connectivity index (χ2n) is 3.96. The summed E-state index contributed by atoms with van der Waals surface area (Å²) in [5, 5.41) is 11.3. The fourth-order valence-corrected chi connectivity index (χ4v) is 1.88. The second kappa shape index (κ2) is 5.00. The Morgan fingerprint density at radius 3 is 2.78 bits per heavy atom. The van der Waals surface area contributed by atoms with Gasteiger partial charge in [-0.2, -0.15) is 5.26 Å². The minimum Gasteiger partial charge on any atom is -0.367 e. The van der Waals surface area contributed by atoms with Crippen LogP contribution in [0.4, 0.5) is 14.5 Å². The highest BCUT2D eigenvalue weighted by Gasteiger charge is 2.20. The van der Waals surface area contributed by atoms with Crippen molar-refractivity contribution in [1.82, 2.24) is 5.32 Å². The van der Waals surface area contributed by atoms with Gasteiger partial charge in [-0.15, -0.1) is 0 Å². The van der Waals surface area contributed by atoms with Gasteiger partial charge < -0.3 is 10.2 Å². The molecule has 1 aromatic rings. The summed E-state index contributed by atoms with van der Waals surface area (Å²) in [5.41, 5.74) is -0.233. The van der Waals surface area contributed by atoms with Crippen LogP contribution in [-0.4, -0.2) is 25.5 Å². The van der Waals surface area contributed by atoms with Crippen molar-refractivity contribution in [3.8, 4) is 6.07 Å². The summed E-state index contributed by atoms with van der Waals surface area (Å²) in [4.78, 5) is 12.8. The van der Waals surface area contributed by atoms with Crippen molar-refractivity contribution in [1.29, 1.82) is 5.26 Å². The zero-order valence-corrected chi connectivity index (χ0v) is 9.54. The molecule has 6 heteroatoms. The van der Waals surface area contributed by atoms with Crippen LogP contribution < -0.4 is 10.2 Å². The number of amides is 1. The number of benzene rings is 1. The van der Waals surface area contributed by atoms with Crippen LogP contribution in [0.2, 0.25) is 0 Å². The van der Waals surface area contributed by atoms with Gasteiger partial charge in [-0.25, -0.2) is 8.78 Å². The second-order valence-corrected chi connectivity index (χ2v) is 3.96. The molecule has 18 heavy (non-hydrogen) atoms. The Hall–Kier alpha value is -2.16. The molecule has 0 saturated carbocycles. The zero-order valence-electron chi connectivity index (χ0n) is 9.54. The van der Waals surface area contributed by atoms with Crippen LogP contribution in [0.3, 0.4) is 0 Å². The van der Waals surface area contributed by atoms with E-state index in [2.05, 4.69) is 5.32 Å². The van der Waals surface area contributed by atoms with Crippen molar-refractivity contribution >= 4 is 11.6 Å². The average Bonchev–Trinajstić information content (AvgIpc) is 2.58. The Balaban J connectivity index is 2.31. The molecule has 2 rings (SSSR count). The maximum absolute atomic E-state index is 13.8. The smallest absolute Gasteiger partial charge is 0.221 e. The molecule has 94 valence electrons. The topological polar surface area (TPSA) is 56.1 Å². The molecule has 0 bridgehead atoms. The normalized spacial score (nSPS) is 15.8. The number of carbonyl (C=O) groups is 1. The number of carbonyl (C=O) groups excluding carboxylic acids is 1. The molecule has 1 saturated heterocycles. The first-order valence-corrected chi connectivity index (χ1v) is 5.53. The van der Waals surface area contributed by atoms with Crippen molar-refractivity contribution in [2.75, 3.05) is 24.5 Å². The standard InChI is InChI=1S/C12H11F2N3O/c13-11-8(7-15)1-2-9(12(11)14)17-5-3-10(18)16-4-6-17/h1-2H,3-6H2,(H,16,18). The van der Waals surface area contributed by atoms with Crippen molar-refractivity contribution in [2.24, 2.45) is 0 Å². The van der Waals surface area contributed by atoms with E-state index < -0.39 is 11.6 Å². The van der Waals surface area contributed by atoms with E-state index in [9.17, 15) is 13.6 Å². The molecular formula is C12H11F2N3O. The largest absolute Gasteiger partial charge is 0.367 e. The molecule has 0 atom stereocenters. The lowest BCUT2D eigenvalue weighted by atomic mass is 10.1. The summed E-state index contributed by atoms with van der Waals surface area (Å²) in [6.45, 7) is 1.13. The SMILES string of the molecule is N#Cc1ccc(N2CCNC(=O)CC2)c(F)c1F. The van der Waals surface area contributed by atoms with Crippen molar-refractivity contribution in [3.63, 3.8) is 0 Å². The number of hydrogen-bond acceptors (Lipinski definition) is 3. The Labute approximate surface area is 103 Å². The Morgan fingerprint density at radius 2 is 2.06 bits per heavy atom. The molecule has 0 aromatic heterocycles. The minimum absolute atomic E-state index is 0.0861. The Morgan fingerprint density at radius 1 is 1.28 bits per heavy atom. The zero-order chi connectivity index (χ0) is 13.1. The van der Waals surface area contributed by atoms with Gasteiger partial charge in [0, 0.05) is 26.1 Å². The van der Waals surface area contributed by atoms with Crippen molar-refractivity contribution in [3.05, 3.63) is 29.3 Å². The third-order valence-electron chi connectivity index (χ3n) is 2.84. The molecule has 1 heterocycles. The van der Waals surface area contributed by atoms with Crippen LogP contribution in [0.25, 0.3) is 0 Å². The first-order chi connectivity index (χ1) is 8.63. The quantitative estimate of drug-likeness (QED) is 0.815. The van der Waals surface area contributed by atoms with Gasteiger partial charge in [-0.05, 0) is 12.1 Å². The summed E-state index contributed by atoms with van der Waals surface area (Å²) in [7, 11) is 0. The molecule has 4 nitrogen and oxygen atoms in total. The molecule has 0 unspecified atom stereocenters. The first kappa shape index (κ1) is 12.3. The molecule has 1 amide bonds. The monoisotopic (exact) mass is 251 g/mol. The molecular weight excluding hydrogens is 240 g/mol. The maximum atomic E-state index is 13.8. The summed E-state index contributed by atoms with van der Waals surface area (Å²) in [6, 6.07) is 4.20. The van der Waals surface area contributed by atoms with E-state index in [1.807, 2.05) is 0 Å². The van der Waals surface area contributed by atoms with Crippen LogP contribution in [0.1, 0.15) is 12.0 Å². The van der Waals surface area contributed by atoms with Crippen molar-refractivity contribution in [2.45, 2.75) is 6.42 Å². The molecule has 0 spiro atoms. The molecule has 1 N–H and O–H groups in total. The fraction of sp³-hybridized carbons (Fsp3) is 0.333. The minimum atomic E-state index is -1.14. The number of hydrogen-bond donors (Lipinski definition) is 1. The van der Waals surface area contributed by atoms with Crippen LogP contribution in [0.5, 0.6) is 0 Å². The van der Waals surface area contributed by atoms with E-state index in [0.29, 0.717) is 19.6 Å². The van der Waals surface area contributed by atoms with E-state index >= 15 is 0 Å². The Bertz CT molecular complexity index is 525. The van der Waals surface area contributed by atoms with Crippen molar-refractivity contribution < 1.29 is 13.6 Å². The van der Waals surface area contributed by atoms with Crippen LogP contribution in [0.15, 0.2) is 12.1 Å². The molecule has 1 aliphatic heterocycles. The number of anilines is 1. The van der Waals surface area contributed by atoms with E-state index in [-0.39, 0.29) is 23.6 Å². The van der Waals surface area contributed by atoms with Gasteiger partial charge in [-0.1, -0.05) is 0 Å². The highest BCUT2D eigenvalue weighted by Crippen LogP contribution is 2.24. The van der Waals surface area contributed by atoms with E-state index in [0.717, 1.165) is 0 Å². The van der Waals surface area contributed by atoms with Gasteiger partial charge in [-0.3, -0.25) is 4.79 Å². The van der Waals surface area contributed by atoms with Gasteiger partial charge in [0.05, 0.1) is 11.3 Å². The average molecular weight is 251 g/mol. The number of halogens is 2. The van der Waals surface area contributed by atoms with Crippen LogP contribution >= 0.6 is 0 Å². The number of rotatable bonds is 1. The van der Waals surface area contributed by atoms with Gasteiger partial charge >= 0.3 is 0 Å². The van der Waals surface area contributed by atoms with Crippen LogP contribution in [0, 0.1) is 23.0 Å². The number of nitrogens with one attached hydrogen (secondary N) is 1. The third kappa shape index (κ3) is 2.25. The molecule has 0 radical (unpaired) electrons. The molecule has 1 aromatic carbocycles. The van der Waals surface area contributed by atoms with E-state index in [1.54, 1.807) is 11.0 Å². The van der Waals surface area contributed by atoms with E-state index in [1.165, 1.54) is 12.1 Å². The highest BCUT2D eigenvalue weighted by molar-refractivity contribution is 5.77. The van der Waals surface area contributed by atoms with Gasteiger partial charge in [0.2, 0.25) is 5.91 Å². The molecule has 0 aliphatic carbocycles. The highest BCUT2D eigenvalue weighted by atomic mass is 19.2. The van der Waals surface area contributed by atoms with Gasteiger partial charge in [0.1, 0.15) is 6.07 Å². The lowest BCUT2D eigenvalue weighted by molar-refractivity contribution is -0.120. The predicted molar refractivity (Wildman–Crippen MR) is 60.9 cm³/mol. The summed E-state index contributed by atoms with van der Waals surface area (Å²) in [5.74, 6) is -2.28. The maximum Gasteiger partial charge on any atom is 0.221 e. The lowest BCUT2D eigenvalue weighted by Gasteiger charge is -2.22.